The molecule has 0 aromatic carbocycles. The Kier molecular flexibility index (Phi) is 2.37. The van der Waals surface area contributed by atoms with Crippen LogP contribution in [0.4, 0.5) is 0 Å². The summed E-state index contributed by atoms with van der Waals surface area (Å²) in [4.78, 5) is 2.51. The van der Waals surface area contributed by atoms with E-state index in [0.29, 0.717) is 11.8 Å². The third kappa shape index (κ3) is 1.49. The number of fused-ring (bicyclic) bond motifs is 2. The largest absolute Gasteiger partial charge is 0.302 e. The summed E-state index contributed by atoms with van der Waals surface area (Å²) in [5.41, 5.74) is 1.44. The summed E-state index contributed by atoms with van der Waals surface area (Å²) in [6.07, 6.45) is 4.40. The molecule has 2 aliphatic rings. The van der Waals surface area contributed by atoms with Gasteiger partial charge in [0, 0.05) is 19.2 Å². The molecule has 0 aromatic heterocycles. The van der Waals surface area contributed by atoms with Crippen molar-refractivity contribution >= 4 is 0 Å². The fourth-order valence-corrected chi connectivity index (χ4v) is 2.73. The van der Waals surface area contributed by atoms with Crippen molar-refractivity contribution in [2.45, 2.75) is 19.8 Å². The number of allylic oxidation sites excluding steroid dienone is 1. The van der Waals surface area contributed by atoms with Gasteiger partial charge in [-0.05, 0) is 31.2 Å². The van der Waals surface area contributed by atoms with Crippen molar-refractivity contribution in [3.8, 4) is 6.07 Å². The molecule has 1 heterocycles. The van der Waals surface area contributed by atoms with E-state index in [-0.39, 0.29) is 0 Å². The fraction of sp³-hybridized carbons (Fsp3) is 0.727. The molecule has 0 radical (unpaired) electrons. The predicted molar refractivity (Wildman–Crippen MR) is 52.0 cm³/mol. The van der Waals surface area contributed by atoms with Crippen LogP contribution < -0.4 is 0 Å². The molecular formula is C11H16N2. The Morgan fingerprint density at radius 3 is 2.54 bits per heavy atom. The lowest BCUT2D eigenvalue weighted by atomic mass is 9.91. The van der Waals surface area contributed by atoms with E-state index in [1.54, 1.807) is 6.08 Å². The van der Waals surface area contributed by atoms with Gasteiger partial charge in [-0.1, -0.05) is 12.5 Å². The highest BCUT2D eigenvalue weighted by atomic mass is 15.1. The van der Waals surface area contributed by atoms with Crippen LogP contribution in [-0.2, 0) is 0 Å². The third-order valence-corrected chi connectivity index (χ3v) is 3.44. The molecule has 2 rings (SSSR count). The number of likely N-dealkylation sites (tertiary alicyclic amines) is 1. The third-order valence-electron chi connectivity index (χ3n) is 3.44. The SMILES string of the molecule is CCN1CC2CCC(C1)C2=CC#N. The minimum absolute atomic E-state index is 0.693. The molecule has 0 amide bonds. The average molecular weight is 176 g/mol. The molecule has 2 atom stereocenters. The van der Waals surface area contributed by atoms with Crippen LogP contribution in [0.5, 0.6) is 0 Å². The van der Waals surface area contributed by atoms with Gasteiger partial charge in [-0.3, -0.25) is 0 Å². The normalized spacial score (nSPS) is 33.1. The van der Waals surface area contributed by atoms with E-state index >= 15 is 0 Å². The number of nitrogens with zero attached hydrogens (tertiary/aromatic N) is 2. The summed E-state index contributed by atoms with van der Waals surface area (Å²) in [6, 6.07) is 2.19. The van der Waals surface area contributed by atoms with E-state index in [1.165, 1.54) is 31.5 Å². The molecule has 1 saturated carbocycles. The summed E-state index contributed by atoms with van der Waals surface area (Å²) in [5.74, 6) is 1.39. The first-order chi connectivity index (χ1) is 6.35. The fourth-order valence-electron chi connectivity index (χ4n) is 2.73. The molecule has 2 heteroatoms. The lowest BCUT2D eigenvalue weighted by Gasteiger charge is -2.32. The molecule has 0 N–H and O–H groups in total. The number of piperidine rings is 1. The summed E-state index contributed by atoms with van der Waals surface area (Å²) in [6.45, 7) is 5.74. The van der Waals surface area contributed by atoms with Crippen LogP contribution in [0.3, 0.4) is 0 Å². The van der Waals surface area contributed by atoms with Gasteiger partial charge in [0.05, 0.1) is 6.07 Å². The average Bonchev–Trinajstić information content (AvgIpc) is 2.39. The van der Waals surface area contributed by atoms with Gasteiger partial charge in [-0.25, -0.2) is 0 Å². The maximum Gasteiger partial charge on any atom is 0.0911 e. The van der Waals surface area contributed by atoms with Crippen molar-refractivity contribution in [3.63, 3.8) is 0 Å². The van der Waals surface area contributed by atoms with Crippen molar-refractivity contribution in [2.75, 3.05) is 19.6 Å². The zero-order valence-corrected chi connectivity index (χ0v) is 8.16. The van der Waals surface area contributed by atoms with Crippen LogP contribution in [-0.4, -0.2) is 24.5 Å². The van der Waals surface area contributed by atoms with Crippen LogP contribution in [0, 0.1) is 23.2 Å². The Bertz CT molecular complexity index is 246. The van der Waals surface area contributed by atoms with Crippen LogP contribution in [0.1, 0.15) is 19.8 Å². The first-order valence-corrected chi connectivity index (χ1v) is 5.17. The highest BCUT2D eigenvalue weighted by molar-refractivity contribution is 5.25. The second-order valence-electron chi connectivity index (χ2n) is 4.10. The standard InChI is InChI=1S/C11H16N2/c1-2-13-7-9-3-4-10(8-13)11(9)5-6-12/h5,9-10H,2-4,7-8H2,1H3. The summed E-state index contributed by atoms with van der Waals surface area (Å²) in [7, 11) is 0. The van der Waals surface area contributed by atoms with Gasteiger partial charge in [-0.2, -0.15) is 5.26 Å². The Morgan fingerprint density at radius 2 is 2.08 bits per heavy atom. The zero-order valence-electron chi connectivity index (χ0n) is 8.16. The lowest BCUT2D eigenvalue weighted by molar-refractivity contribution is 0.219. The Labute approximate surface area is 79.8 Å². The van der Waals surface area contributed by atoms with Crippen LogP contribution >= 0.6 is 0 Å². The van der Waals surface area contributed by atoms with E-state index in [9.17, 15) is 0 Å². The maximum absolute atomic E-state index is 8.66. The lowest BCUT2D eigenvalue weighted by Crippen LogP contribution is -2.37. The Morgan fingerprint density at radius 1 is 1.46 bits per heavy atom. The second-order valence-corrected chi connectivity index (χ2v) is 4.10. The van der Waals surface area contributed by atoms with Crippen molar-refractivity contribution < 1.29 is 0 Å². The van der Waals surface area contributed by atoms with Gasteiger partial charge in [0.1, 0.15) is 0 Å². The van der Waals surface area contributed by atoms with Gasteiger partial charge in [-0.15, -0.1) is 0 Å². The van der Waals surface area contributed by atoms with Gasteiger partial charge >= 0.3 is 0 Å². The number of hydrogen-bond acceptors (Lipinski definition) is 2. The summed E-state index contributed by atoms with van der Waals surface area (Å²) < 4.78 is 0. The molecule has 0 aromatic rings. The van der Waals surface area contributed by atoms with Gasteiger partial charge in [0.25, 0.3) is 0 Å². The number of hydrogen-bond donors (Lipinski definition) is 0. The maximum atomic E-state index is 8.66. The number of rotatable bonds is 1. The zero-order chi connectivity index (χ0) is 9.26. The summed E-state index contributed by atoms with van der Waals surface area (Å²) in [5, 5.41) is 8.66. The molecule has 2 unspecified atom stereocenters. The molecule has 13 heavy (non-hydrogen) atoms. The highest BCUT2D eigenvalue weighted by Crippen LogP contribution is 2.40. The molecular weight excluding hydrogens is 160 g/mol. The van der Waals surface area contributed by atoms with Gasteiger partial charge in [0.2, 0.25) is 0 Å². The van der Waals surface area contributed by atoms with Crippen LogP contribution in [0.25, 0.3) is 0 Å². The van der Waals surface area contributed by atoms with E-state index in [1.807, 2.05) is 0 Å². The topological polar surface area (TPSA) is 27.0 Å². The molecule has 70 valence electrons. The Hall–Kier alpha value is -0.810. The van der Waals surface area contributed by atoms with E-state index in [2.05, 4.69) is 17.9 Å². The van der Waals surface area contributed by atoms with E-state index < -0.39 is 0 Å². The Balaban J connectivity index is 2.14. The predicted octanol–water partition coefficient (Wildman–Crippen LogP) is 1.80. The van der Waals surface area contributed by atoms with E-state index in [4.69, 9.17) is 5.26 Å². The molecule has 2 nitrogen and oxygen atoms in total. The van der Waals surface area contributed by atoms with Gasteiger partial charge < -0.3 is 4.90 Å². The van der Waals surface area contributed by atoms with Crippen molar-refractivity contribution in [1.29, 1.82) is 5.26 Å². The molecule has 1 saturated heterocycles. The second kappa shape index (κ2) is 3.51. The first-order valence-electron chi connectivity index (χ1n) is 5.17. The molecule has 1 aliphatic heterocycles. The van der Waals surface area contributed by atoms with Crippen LogP contribution in [0.15, 0.2) is 11.6 Å². The first kappa shape index (κ1) is 8.77. The van der Waals surface area contributed by atoms with Crippen molar-refractivity contribution in [3.05, 3.63) is 11.6 Å². The minimum atomic E-state index is 0.693. The van der Waals surface area contributed by atoms with E-state index in [0.717, 1.165) is 6.54 Å². The molecule has 2 fully saturated rings. The quantitative estimate of drug-likeness (QED) is 0.570. The summed E-state index contributed by atoms with van der Waals surface area (Å²) >= 11 is 0. The molecule has 2 bridgehead atoms. The monoisotopic (exact) mass is 176 g/mol. The highest BCUT2D eigenvalue weighted by Gasteiger charge is 2.36. The smallest absolute Gasteiger partial charge is 0.0911 e. The minimum Gasteiger partial charge on any atom is -0.302 e. The van der Waals surface area contributed by atoms with Gasteiger partial charge in [0.15, 0.2) is 0 Å². The molecule has 1 aliphatic carbocycles. The van der Waals surface area contributed by atoms with Crippen molar-refractivity contribution in [2.24, 2.45) is 11.8 Å². The van der Waals surface area contributed by atoms with Crippen molar-refractivity contribution in [1.82, 2.24) is 4.90 Å². The van der Waals surface area contributed by atoms with Crippen LogP contribution in [0.2, 0.25) is 0 Å². The number of nitriles is 1. The molecule has 0 spiro atoms.